The molecule has 0 bridgehead atoms. The van der Waals surface area contributed by atoms with E-state index in [9.17, 15) is 0 Å². The molecule has 17 heavy (non-hydrogen) atoms. The third-order valence-corrected chi connectivity index (χ3v) is 2.90. The van der Waals surface area contributed by atoms with Crippen molar-refractivity contribution in [3.8, 4) is 0 Å². The molecule has 1 aromatic heterocycles. The van der Waals surface area contributed by atoms with Gasteiger partial charge >= 0.3 is 0 Å². The molecule has 88 valence electrons. The van der Waals surface area contributed by atoms with Gasteiger partial charge in [0, 0.05) is 11.2 Å². The van der Waals surface area contributed by atoms with Gasteiger partial charge in [-0.3, -0.25) is 0 Å². The Morgan fingerprint density at radius 3 is 2.35 bits per heavy atom. The topological polar surface area (TPSA) is 50.9 Å². The first kappa shape index (κ1) is 12.3. The van der Waals surface area contributed by atoms with Gasteiger partial charge in [-0.25, -0.2) is 4.98 Å². The molecule has 0 saturated carbocycles. The molecular formula is C11H8Cl3N3. The van der Waals surface area contributed by atoms with Crippen molar-refractivity contribution in [2.75, 3.05) is 11.1 Å². The molecule has 0 unspecified atom stereocenters. The number of hydrogen-bond donors (Lipinski definition) is 2. The molecule has 0 radical (unpaired) electrons. The third kappa shape index (κ3) is 2.75. The molecule has 0 fully saturated rings. The van der Waals surface area contributed by atoms with Crippen LogP contribution < -0.4 is 11.1 Å². The summed E-state index contributed by atoms with van der Waals surface area (Å²) >= 11 is 17.9. The monoisotopic (exact) mass is 287 g/mol. The molecule has 0 atom stereocenters. The number of rotatable bonds is 2. The molecule has 6 heteroatoms. The van der Waals surface area contributed by atoms with Gasteiger partial charge < -0.3 is 11.1 Å². The molecule has 2 rings (SSSR count). The standard InChI is InChI=1S/C11H8Cl3N3/c12-6-4-7(13)10(8(14)5-6)17-11-9(15)2-1-3-16-11/h1-5H,15H2,(H,16,17). The predicted molar refractivity (Wildman–Crippen MR) is 73.4 cm³/mol. The van der Waals surface area contributed by atoms with Crippen LogP contribution in [0.2, 0.25) is 15.1 Å². The van der Waals surface area contributed by atoms with Gasteiger partial charge in [-0.1, -0.05) is 34.8 Å². The van der Waals surface area contributed by atoms with Crippen LogP contribution in [0.1, 0.15) is 0 Å². The summed E-state index contributed by atoms with van der Waals surface area (Å²) in [5.74, 6) is 0.499. The van der Waals surface area contributed by atoms with Crippen LogP contribution in [0.3, 0.4) is 0 Å². The molecule has 0 amide bonds. The maximum absolute atomic E-state index is 6.04. The van der Waals surface area contributed by atoms with Crippen LogP contribution in [0.5, 0.6) is 0 Å². The highest BCUT2D eigenvalue weighted by atomic mass is 35.5. The summed E-state index contributed by atoms with van der Waals surface area (Å²) in [6.07, 6.45) is 1.62. The minimum absolute atomic E-state index is 0.410. The van der Waals surface area contributed by atoms with E-state index in [1.807, 2.05) is 0 Å². The molecule has 0 aliphatic rings. The van der Waals surface area contributed by atoms with Crippen molar-refractivity contribution in [2.24, 2.45) is 0 Å². The lowest BCUT2D eigenvalue weighted by Crippen LogP contribution is -1.99. The average molecular weight is 289 g/mol. The summed E-state index contributed by atoms with van der Waals surface area (Å²) in [5.41, 5.74) is 6.80. The van der Waals surface area contributed by atoms with Crippen LogP contribution in [0.25, 0.3) is 0 Å². The van der Waals surface area contributed by atoms with E-state index in [4.69, 9.17) is 40.5 Å². The van der Waals surface area contributed by atoms with Gasteiger partial charge in [-0.2, -0.15) is 0 Å². The number of nitrogens with zero attached hydrogens (tertiary/aromatic N) is 1. The molecule has 0 spiro atoms. The van der Waals surface area contributed by atoms with Crippen LogP contribution in [-0.4, -0.2) is 4.98 Å². The first-order chi connectivity index (χ1) is 8.08. The lowest BCUT2D eigenvalue weighted by molar-refractivity contribution is 1.31. The van der Waals surface area contributed by atoms with Gasteiger partial charge in [0.25, 0.3) is 0 Å². The van der Waals surface area contributed by atoms with Crippen molar-refractivity contribution in [1.29, 1.82) is 0 Å². The van der Waals surface area contributed by atoms with Crippen molar-refractivity contribution in [3.63, 3.8) is 0 Å². The number of anilines is 3. The first-order valence-electron chi connectivity index (χ1n) is 4.70. The zero-order valence-corrected chi connectivity index (χ0v) is 10.8. The Kier molecular flexibility index (Phi) is 3.62. The highest BCUT2D eigenvalue weighted by Gasteiger charge is 2.09. The number of benzene rings is 1. The highest BCUT2D eigenvalue weighted by molar-refractivity contribution is 6.41. The van der Waals surface area contributed by atoms with E-state index < -0.39 is 0 Å². The van der Waals surface area contributed by atoms with Crippen molar-refractivity contribution in [3.05, 3.63) is 45.5 Å². The Morgan fingerprint density at radius 1 is 1.12 bits per heavy atom. The molecule has 2 aromatic rings. The van der Waals surface area contributed by atoms with E-state index >= 15 is 0 Å². The fourth-order valence-corrected chi connectivity index (χ4v) is 2.21. The summed E-state index contributed by atoms with van der Waals surface area (Å²) in [4.78, 5) is 4.09. The number of nitrogens with one attached hydrogen (secondary N) is 1. The molecule has 1 aromatic carbocycles. The van der Waals surface area contributed by atoms with Crippen LogP contribution in [0.4, 0.5) is 17.2 Å². The number of pyridine rings is 1. The van der Waals surface area contributed by atoms with Gasteiger partial charge in [0.1, 0.15) is 0 Å². The Morgan fingerprint density at radius 2 is 1.76 bits per heavy atom. The summed E-state index contributed by atoms with van der Waals surface area (Å²) in [6.45, 7) is 0. The van der Waals surface area contributed by atoms with E-state index in [0.717, 1.165) is 0 Å². The largest absolute Gasteiger partial charge is 0.396 e. The summed E-state index contributed by atoms with van der Waals surface area (Å²) in [7, 11) is 0. The molecule has 1 heterocycles. The van der Waals surface area contributed by atoms with Crippen molar-refractivity contribution in [1.82, 2.24) is 4.98 Å². The SMILES string of the molecule is Nc1cccnc1Nc1c(Cl)cc(Cl)cc1Cl. The fraction of sp³-hybridized carbons (Fsp3) is 0. The van der Waals surface area contributed by atoms with Gasteiger partial charge in [-0.05, 0) is 24.3 Å². The molecule has 3 nitrogen and oxygen atoms in total. The maximum atomic E-state index is 6.04. The summed E-state index contributed by atoms with van der Waals surface area (Å²) < 4.78 is 0. The number of nitrogen functional groups attached to an aromatic ring is 1. The molecule has 3 N–H and O–H groups in total. The second-order valence-corrected chi connectivity index (χ2v) is 4.56. The Labute approximate surface area is 114 Å². The van der Waals surface area contributed by atoms with Crippen LogP contribution >= 0.6 is 34.8 Å². The Bertz CT molecular complexity index is 534. The first-order valence-corrected chi connectivity index (χ1v) is 5.83. The minimum Gasteiger partial charge on any atom is -0.396 e. The Balaban J connectivity index is 2.40. The lowest BCUT2D eigenvalue weighted by Gasteiger charge is -2.11. The number of nitrogens with two attached hydrogens (primary N) is 1. The smallest absolute Gasteiger partial charge is 0.153 e. The van der Waals surface area contributed by atoms with Gasteiger partial charge in [-0.15, -0.1) is 0 Å². The predicted octanol–water partition coefficient (Wildman–Crippen LogP) is 4.37. The van der Waals surface area contributed by atoms with E-state index in [-0.39, 0.29) is 0 Å². The van der Waals surface area contributed by atoms with Crippen LogP contribution in [0, 0.1) is 0 Å². The van der Waals surface area contributed by atoms with Gasteiger partial charge in [0.2, 0.25) is 0 Å². The van der Waals surface area contributed by atoms with Crippen molar-refractivity contribution >= 4 is 52.0 Å². The third-order valence-electron chi connectivity index (χ3n) is 2.09. The second kappa shape index (κ2) is 5.00. The lowest BCUT2D eigenvalue weighted by atomic mass is 10.3. The van der Waals surface area contributed by atoms with Crippen LogP contribution in [-0.2, 0) is 0 Å². The van der Waals surface area contributed by atoms with E-state index in [2.05, 4.69) is 10.3 Å². The quantitative estimate of drug-likeness (QED) is 0.863. The zero-order chi connectivity index (χ0) is 12.4. The van der Waals surface area contributed by atoms with E-state index in [0.29, 0.717) is 32.3 Å². The van der Waals surface area contributed by atoms with Crippen molar-refractivity contribution in [2.45, 2.75) is 0 Å². The normalized spacial score (nSPS) is 10.3. The van der Waals surface area contributed by atoms with E-state index in [1.54, 1.807) is 30.5 Å². The maximum Gasteiger partial charge on any atom is 0.153 e. The van der Waals surface area contributed by atoms with Crippen LogP contribution in [0.15, 0.2) is 30.5 Å². The Hall–Kier alpha value is -1.16. The zero-order valence-electron chi connectivity index (χ0n) is 8.55. The van der Waals surface area contributed by atoms with E-state index in [1.165, 1.54) is 0 Å². The fourth-order valence-electron chi connectivity index (χ4n) is 1.30. The summed E-state index contributed by atoms with van der Waals surface area (Å²) in [5, 5.41) is 4.27. The summed E-state index contributed by atoms with van der Waals surface area (Å²) in [6, 6.07) is 6.66. The van der Waals surface area contributed by atoms with Gasteiger partial charge in [0.15, 0.2) is 5.82 Å². The minimum atomic E-state index is 0.410. The molecule has 0 aliphatic heterocycles. The second-order valence-electron chi connectivity index (χ2n) is 3.31. The molecular weight excluding hydrogens is 281 g/mol. The number of halogens is 3. The highest BCUT2D eigenvalue weighted by Crippen LogP contribution is 2.36. The molecule has 0 aliphatic carbocycles. The number of aromatic nitrogens is 1. The number of hydrogen-bond acceptors (Lipinski definition) is 3. The molecule has 0 saturated heterocycles. The van der Waals surface area contributed by atoms with Gasteiger partial charge in [0.05, 0.1) is 21.4 Å². The average Bonchev–Trinajstić information content (AvgIpc) is 2.25. The van der Waals surface area contributed by atoms with Crippen molar-refractivity contribution < 1.29 is 0 Å².